The van der Waals surface area contributed by atoms with Crippen molar-refractivity contribution in [2.24, 2.45) is 0 Å². The first-order valence-electron chi connectivity index (χ1n) is 7.80. The quantitative estimate of drug-likeness (QED) is 0.790. The SMILES string of the molecule is COc1ccc(OC)c(NC(=O)C(=O)NCc2ccc3c(c2)OCO3)c1. The number of rotatable bonds is 5. The van der Waals surface area contributed by atoms with Crippen LogP contribution in [0.2, 0.25) is 0 Å². The van der Waals surface area contributed by atoms with E-state index in [-0.39, 0.29) is 13.3 Å². The second kappa shape index (κ2) is 7.64. The average molecular weight is 358 g/mol. The zero-order chi connectivity index (χ0) is 18.5. The first-order valence-corrected chi connectivity index (χ1v) is 7.80. The summed E-state index contributed by atoms with van der Waals surface area (Å²) in [6.45, 7) is 0.355. The number of ether oxygens (including phenoxy) is 4. The molecule has 1 heterocycles. The third kappa shape index (κ3) is 3.80. The maximum atomic E-state index is 12.1. The molecule has 1 aliphatic rings. The topological polar surface area (TPSA) is 95.1 Å². The Morgan fingerprint density at radius 1 is 1.00 bits per heavy atom. The van der Waals surface area contributed by atoms with Crippen LogP contribution >= 0.6 is 0 Å². The summed E-state index contributed by atoms with van der Waals surface area (Å²) in [7, 11) is 2.97. The second-order valence-corrected chi connectivity index (χ2v) is 5.39. The van der Waals surface area contributed by atoms with E-state index in [1.54, 1.807) is 36.4 Å². The molecular formula is C18H18N2O6. The van der Waals surface area contributed by atoms with Crippen molar-refractivity contribution < 1.29 is 28.5 Å². The Morgan fingerprint density at radius 2 is 1.81 bits per heavy atom. The molecule has 0 saturated carbocycles. The molecule has 0 unspecified atom stereocenters. The van der Waals surface area contributed by atoms with Gasteiger partial charge in [-0.3, -0.25) is 9.59 Å². The van der Waals surface area contributed by atoms with Crippen molar-refractivity contribution in [1.82, 2.24) is 5.32 Å². The molecule has 26 heavy (non-hydrogen) atoms. The first kappa shape index (κ1) is 17.4. The summed E-state index contributed by atoms with van der Waals surface area (Å²) >= 11 is 0. The highest BCUT2D eigenvalue weighted by molar-refractivity contribution is 6.39. The molecule has 0 atom stereocenters. The Morgan fingerprint density at radius 3 is 2.58 bits per heavy atom. The van der Waals surface area contributed by atoms with Crippen LogP contribution in [0.25, 0.3) is 0 Å². The van der Waals surface area contributed by atoms with Gasteiger partial charge in [0.2, 0.25) is 6.79 Å². The number of carbonyl (C=O) groups excluding carboxylic acids is 2. The molecule has 0 fully saturated rings. The number of methoxy groups -OCH3 is 2. The summed E-state index contributed by atoms with van der Waals surface area (Å²) in [6.07, 6.45) is 0. The summed E-state index contributed by atoms with van der Waals surface area (Å²) in [5.41, 5.74) is 1.13. The lowest BCUT2D eigenvalue weighted by Crippen LogP contribution is -2.35. The van der Waals surface area contributed by atoms with Gasteiger partial charge in [-0.2, -0.15) is 0 Å². The molecule has 8 nitrogen and oxygen atoms in total. The van der Waals surface area contributed by atoms with Gasteiger partial charge in [-0.15, -0.1) is 0 Å². The van der Waals surface area contributed by atoms with Gasteiger partial charge in [0.1, 0.15) is 11.5 Å². The molecule has 0 spiro atoms. The van der Waals surface area contributed by atoms with Crippen molar-refractivity contribution in [3.63, 3.8) is 0 Å². The van der Waals surface area contributed by atoms with E-state index in [0.29, 0.717) is 28.7 Å². The first-order chi connectivity index (χ1) is 12.6. The van der Waals surface area contributed by atoms with Crippen molar-refractivity contribution in [2.75, 3.05) is 26.3 Å². The van der Waals surface area contributed by atoms with Crippen LogP contribution in [0.5, 0.6) is 23.0 Å². The minimum atomic E-state index is -0.808. The molecular weight excluding hydrogens is 340 g/mol. The van der Waals surface area contributed by atoms with Gasteiger partial charge in [0.15, 0.2) is 11.5 Å². The fourth-order valence-electron chi connectivity index (χ4n) is 2.40. The lowest BCUT2D eigenvalue weighted by molar-refractivity contribution is -0.136. The Labute approximate surface area is 150 Å². The molecule has 0 saturated heterocycles. The van der Waals surface area contributed by atoms with Gasteiger partial charge in [0, 0.05) is 12.6 Å². The van der Waals surface area contributed by atoms with Crippen molar-refractivity contribution in [3.05, 3.63) is 42.0 Å². The van der Waals surface area contributed by atoms with Crippen molar-refractivity contribution in [2.45, 2.75) is 6.54 Å². The molecule has 2 N–H and O–H groups in total. The molecule has 0 aliphatic carbocycles. The number of amides is 2. The molecule has 1 aliphatic heterocycles. The number of benzene rings is 2. The largest absolute Gasteiger partial charge is 0.497 e. The van der Waals surface area contributed by atoms with E-state index in [2.05, 4.69) is 10.6 Å². The highest BCUT2D eigenvalue weighted by atomic mass is 16.7. The Balaban J connectivity index is 1.61. The number of hydrogen-bond donors (Lipinski definition) is 2. The Hall–Kier alpha value is -3.42. The highest BCUT2D eigenvalue weighted by Gasteiger charge is 2.17. The van der Waals surface area contributed by atoms with E-state index in [0.717, 1.165) is 5.56 Å². The predicted molar refractivity (Wildman–Crippen MR) is 92.6 cm³/mol. The fourth-order valence-corrected chi connectivity index (χ4v) is 2.40. The van der Waals surface area contributed by atoms with Crippen LogP contribution in [0.4, 0.5) is 5.69 Å². The Bertz CT molecular complexity index is 836. The molecule has 0 bridgehead atoms. The van der Waals surface area contributed by atoms with Gasteiger partial charge in [-0.25, -0.2) is 0 Å². The lowest BCUT2D eigenvalue weighted by atomic mass is 10.2. The normalized spacial score (nSPS) is 11.6. The average Bonchev–Trinajstić information content (AvgIpc) is 3.13. The summed E-state index contributed by atoms with van der Waals surface area (Å²) in [6, 6.07) is 10.2. The molecule has 0 aromatic heterocycles. The summed E-state index contributed by atoms with van der Waals surface area (Å²) < 4.78 is 20.8. The molecule has 3 rings (SSSR count). The molecule has 2 aromatic carbocycles. The van der Waals surface area contributed by atoms with Gasteiger partial charge in [0.05, 0.1) is 19.9 Å². The van der Waals surface area contributed by atoms with E-state index in [9.17, 15) is 9.59 Å². The van der Waals surface area contributed by atoms with E-state index in [1.807, 2.05) is 0 Å². The number of anilines is 1. The second-order valence-electron chi connectivity index (χ2n) is 5.39. The molecule has 8 heteroatoms. The van der Waals surface area contributed by atoms with E-state index in [1.165, 1.54) is 14.2 Å². The predicted octanol–water partition coefficient (Wildman–Crippen LogP) is 1.69. The van der Waals surface area contributed by atoms with Crippen LogP contribution in [0, 0.1) is 0 Å². The van der Waals surface area contributed by atoms with Crippen LogP contribution in [0.1, 0.15) is 5.56 Å². The smallest absolute Gasteiger partial charge is 0.313 e. The maximum absolute atomic E-state index is 12.1. The highest BCUT2D eigenvalue weighted by Crippen LogP contribution is 2.32. The number of carbonyl (C=O) groups is 2. The van der Waals surface area contributed by atoms with Crippen LogP contribution in [0.3, 0.4) is 0 Å². The van der Waals surface area contributed by atoms with Crippen LogP contribution in [-0.2, 0) is 16.1 Å². The Kier molecular flexibility index (Phi) is 5.12. The van der Waals surface area contributed by atoms with Crippen molar-refractivity contribution in [1.29, 1.82) is 0 Å². The van der Waals surface area contributed by atoms with Gasteiger partial charge in [-0.05, 0) is 29.8 Å². The zero-order valence-electron chi connectivity index (χ0n) is 14.3. The molecule has 0 radical (unpaired) electrons. The van der Waals surface area contributed by atoms with Gasteiger partial charge in [-0.1, -0.05) is 6.07 Å². The third-order valence-electron chi connectivity index (χ3n) is 3.75. The van der Waals surface area contributed by atoms with E-state index in [4.69, 9.17) is 18.9 Å². The van der Waals surface area contributed by atoms with Crippen molar-refractivity contribution >= 4 is 17.5 Å². The van der Waals surface area contributed by atoms with Crippen LogP contribution in [-0.4, -0.2) is 32.8 Å². The van der Waals surface area contributed by atoms with Crippen molar-refractivity contribution in [3.8, 4) is 23.0 Å². The lowest BCUT2D eigenvalue weighted by Gasteiger charge is -2.12. The summed E-state index contributed by atoms with van der Waals surface area (Å²) in [4.78, 5) is 24.2. The van der Waals surface area contributed by atoms with Gasteiger partial charge in [0.25, 0.3) is 0 Å². The van der Waals surface area contributed by atoms with Crippen LogP contribution in [0.15, 0.2) is 36.4 Å². The third-order valence-corrected chi connectivity index (χ3v) is 3.75. The summed E-state index contributed by atoms with van der Waals surface area (Å²) in [5, 5.41) is 5.07. The summed E-state index contributed by atoms with van der Waals surface area (Å²) in [5.74, 6) is 0.639. The number of fused-ring (bicyclic) bond motifs is 1. The fraction of sp³-hybridized carbons (Fsp3) is 0.222. The standard InChI is InChI=1S/C18H18N2O6/c1-23-12-4-6-14(24-2)13(8-12)20-18(22)17(21)19-9-11-3-5-15-16(7-11)26-10-25-15/h3-8H,9-10H2,1-2H3,(H,19,21)(H,20,22). The molecule has 136 valence electrons. The van der Waals surface area contributed by atoms with Crippen LogP contribution < -0.4 is 29.6 Å². The van der Waals surface area contributed by atoms with Gasteiger partial charge < -0.3 is 29.6 Å². The molecule has 2 aromatic rings. The minimum Gasteiger partial charge on any atom is -0.497 e. The number of hydrogen-bond acceptors (Lipinski definition) is 6. The monoisotopic (exact) mass is 358 g/mol. The number of nitrogens with one attached hydrogen (secondary N) is 2. The maximum Gasteiger partial charge on any atom is 0.313 e. The van der Waals surface area contributed by atoms with Gasteiger partial charge >= 0.3 is 11.8 Å². The molecule has 2 amide bonds. The zero-order valence-corrected chi connectivity index (χ0v) is 14.3. The van der Waals surface area contributed by atoms with E-state index < -0.39 is 11.8 Å². The minimum absolute atomic E-state index is 0.177. The van der Waals surface area contributed by atoms with E-state index >= 15 is 0 Å².